The highest BCUT2D eigenvalue weighted by atomic mass is 19.4. The molecule has 0 amide bonds. The van der Waals surface area contributed by atoms with Crippen LogP contribution in [0.1, 0.15) is 5.56 Å². The number of alkyl halides is 3. The number of halogens is 4. The van der Waals surface area contributed by atoms with Gasteiger partial charge in [0.2, 0.25) is 11.9 Å². The second-order valence-corrected chi connectivity index (χ2v) is 4.50. The zero-order chi connectivity index (χ0) is 17.7. The van der Waals surface area contributed by atoms with Crippen molar-refractivity contribution in [1.29, 1.82) is 0 Å². The minimum Gasteiger partial charge on any atom is -0.369 e. The third-order valence-corrected chi connectivity index (χ3v) is 2.67. The average Bonchev–Trinajstić information content (AvgIpc) is 2.48. The topological polar surface area (TPSA) is 102 Å². The highest BCUT2D eigenvalue weighted by molar-refractivity contribution is 6.01. The van der Waals surface area contributed by atoms with Crippen LogP contribution in [0.5, 0.6) is 0 Å². The summed E-state index contributed by atoms with van der Waals surface area (Å²) in [7, 11) is 0. The lowest BCUT2D eigenvalue weighted by atomic mass is 10.2. The van der Waals surface area contributed by atoms with E-state index in [0.717, 1.165) is 6.07 Å². The molecule has 0 aliphatic heterocycles. The van der Waals surface area contributed by atoms with Gasteiger partial charge in [-0.3, -0.25) is 4.98 Å². The van der Waals surface area contributed by atoms with E-state index in [-0.39, 0.29) is 11.6 Å². The monoisotopic (exact) mass is 340 g/mol. The van der Waals surface area contributed by atoms with E-state index in [2.05, 4.69) is 20.3 Å². The van der Waals surface area contributed by atoms with Gasteiger partial charge in [0.15, 0.2) is 0 Å². The number of anilines is 1. The maximum atomic E-state index is 13.2. The summed E-state index contributed by atoms with van der Waals surface area (Å²) >= 11 is 0. The normalized spacial score (nSPS) is 13.0. The fourth-order valence-corrected chi connectivity index (χ4v) is 1.69. The van der Waals surface area contributed by atoms with Crippen molar-refractivity contribution in [2.75, 3.05) is 5.32 Å². The summed E-state index contributed by atoms with van der Waals surface area (Å²) in [5, 5.41) is 2.67. The SMILES string of the molecule is NC(=Nc1ccc(F)c(C(F)(F)F)c1)N=C(N)Nc1cccnc1. The second kappa shape index (κ2) is 6.94. The maximum absolute atomic E-state index is 13.2. The molecule has 24 heavy (non-hydrogen) atoms. The quantitative estimate of drug-likeness (QED) is 0.444. The predicted octanol–water partition coefficient (Wildman–Crippen LogP) is 2.61. The molecule has 0 saturated carbocycles. The zero-order valence-corrected chi connectivity index (χ0v) is 12.0. The van der Waals surface area contributed by atoms with Crippen LogP contribution in [0.4, 0.5) is 28.9 Å². The molecule has 0 fully saturated rings. The number of hydrogen-bond acceptors (Lipinski definition) is 2. The van der Waals surface area contributed by atoms with Gasteiger partial charge < -0.3 is 16.8 Å². The fraction of sp³-hybridized carbons (Fsp3) is 0.0714. The van der Waals surface area contributed by atoms with Gasteiger partial charge in [-0.25, -0.2) is 9.38 Å². The Hall–Kier alpha value is -3.17. The van der Waals surface area contributed by atoms with E-state index in [0.29, 0.717) is 17.8 Å². The lowest BCUT2D eigenvalue weighted by Gasteiger charge is -2.08. The molecule has 0 spiro atoms. The number of aliphatic imine (C=N–C) groups is 2. The molecule has 0 bridgehead atoms. The molecule has 0 aliphatic carbocycles. The lowest BCUT2D eigenvalue weighted by molar-refractivity contribution is -0.139. The molecule has 0 aliphatic rings. The van der Waals surface area contributed by atoms with E-state index in [1.165, 1.54) is 6.20 Å². The van der Waals surface area contributed by atoms with Crippen LogP contribution in [0.3, 0.4) is 0 Å². The molecular formula is C14H12F4N6. The van der Waals surface area contributed by atoms with Crippen molar-refractivity contribution in [3.05, 3.63) is 54.1 Å². The third kappa shape index (κ3) is 4.66. The standard InChI is InChI=1S/C14H12F4N6/c15-11-4-3-8(6-10(11)14(16,17)18)22-12(19)24-13(20)23-9-2-1-5-21-7-9/h1-7H,(H5,19,20,22,23,24). The van der Waals surface area contributed by atoms with Crippen LogP contribution in [0, 0.1) is 5.82 Å². The van der Waals surface area contributed by atoms with E-state index in [1.807, 2.05) is 0 Å². The number of hydrogen-bond donors (Lipinski definition) is 3. The maximum Gasteiger partial charge on any atom is 0.419 e. The van der Waals surface area contributed by atoms with Gasteiger partial charge in [-0.05, 0) is 30.3 Å². The molecule has 2 aromatic rings. The predicted molar refractivity (Wildman–Crippen MR) is 82.2 cm³/mol. The Morgan fingerprint density at radius 1 is 1.17 bits per heavy atom. The van der Waals surface area contributed by atoms with E-state index < -0.39 is 23.5 Å². The number of nitrogens with one attached hydrogen (secondary N) is 1. The van der Waals surface area contributed by atoms with Gasteiger partial charge >= 0.3 is 6.18 Å². The zero-order valence-electron chi connectivity index (χ0n) is 12.0. The van der Waals surface area contributed by atoms with E-state index in [9.17, 15) is 17.6 Å². The van der Waals surface area contributed by atoms with Crippen molar-refractivity contribution in [3.8, 4) is 0 Å². The molecule has 10 heteroatoms. The minimum absolute atomic E-state index is 0.137. The van der Waals surface area contributed by atoms with Crippen molar-refractivity contribution in [3.63, 3.8) is 0 Å². The summed E-state index contributed by atoms with van der Waals surface area (Å²) in [6, 6.07) is 5.54. The molecule has 6 nitrogen and oxygen atoms in total. The Kier molecular flexibility index (Phi) is 4.97. The van der Waals surface area contributed by atoms with Gasteiger partial charge in [0.25, 0.3) is 0 Å². The van der Waals surface area contributed by atoms with Crippen LogP contribution in [0.15, 0.2) is 52.7 Å². The molecule has 5 N–H and O–H groups in total. The Bertz CT molecular complexity index is 771. The number of nitrogens with two attached hydrogens (primary N) is 2. The van der Waals surface area contributed by atoms with Gasteiger partial charge in [-0.1, -0.05) is 0 Å². The summed E-state index contributed by atoms with van der Waals surface area (Å²) in [4.78, 5) is 11.2. The number of benzene rings is 1. The summed E-state index contributed by atoms with van der Waals surface area (Å²) in [5.41, 5.74) is 9.99. The molecule has 0 atom stereocenters. The van der Waals surface area contributed by atoms with Gasteiger partial charge in [0, 0.05) is 6.20 Å². The first-order chi connectivity index (χ1) is 11.3. The highest BCUT2D eigenvalue weighted by Crippen LogP contribution is 2.33. The molecule has 126 valence electrons. The Morgan fingerprint density at radius 2 is 1.92 bits per heavy atom. The van der Waals surface area contributed by atoms with Crippen LogP contribution >= 0.6 is 0 Å². The molecular weight excluding hydrogens is 328 g/mol. The van der Waals surface area contributed by atoms with E-state index in [1.54, 1.807) is 18.3 Å². The Labute approximate surface area is 133 Å². The van der Waals surface area contributed by atoms with Crippen LogP contribution in [0.2, 0.25) is 0 Å². The summed E-state index contributed by atoms with van der Waals surface area (Å²) < 4.78 is 51.1. The molecule has 0 radical (unpaired) electrons. The smallest absolute Gasteiger partial charge is 0.369 e. The lowest BCUT2D eigenvalue weighted by Crippen LogP contribution is -2.26. The first-order valence-corrected chi connectivity index (χ1v) is 6.48. The van der Waals surface area contributed by atoms with E-state index in [4.69, 9.17) is 11.5 Å². The molecule has 0 saturated heterocycles. The first-order valence-electron chi connectivity index (χ1n) is 6.48. The molecule has 1 aromatic heterocycles. The van der Waals surface area contributed by atoms with Crippen molar-refractivity contribution in [2.45, 2.75) is 6.18 Å². The van der Waals surface area contributed by atoms with Crippen LogP contribution in [-0.4, -0.2) is 16.9 Å². The second-order valence-electron chi connectivity index (χ2n) is 4.50. The molecule has 1 heterocycles. The molecule has 2 rings (SSSR count). The number of guanidine groups is 2. The van der Waals surface area contributed by atoms with Crippen molar-refractivity contribution in [2.24, 2.45) is 21.5 Å². The number of rotatable bonds is 2. The average molecular weight is 340 g/mol. The Balaban J connectivity index is 2.20. The number of nitrogens with zero attached hydrogens (tertiary/aromatic N) is 3. The Morgan fingerprint density at radius 3 is 2.54 bits per heavy atom. The first kappa shape index (κ1) is 17.2. The van der Waals surface area contributed by atoms with Gasteiger partial charge in [0.1, 0.15) is 5.82 Å². The van der Waals surface area contributed by atoms with Gasteiger partial charge in [-0.2, -0.15) is 18.2 Å². The van der Waals surface area contributed by atoms with Crippen LogP contribution in [0.25, 0.3) is 0 Å². The largest absolute Gasteiger partial charge is 0.419 e. The van der Waals surface area contributed by atoms with Gasteiger partial charge in [0.05, 0.1) is 23.1 Å². The van der Waals surface area contributed by atoms with Crippen LogP contribution in [-0.2, 0) is 6.18 Å². The van der Waals surface area contributed by atoms with Crippen molar-refractivity contribution < 1.29 is 17.6 Å². The molecule has 1 aromatic carbocycles. The van der Waals surface area contributed by atoms with Gasteiger partial charge in [-0.15, -0.1) is 0 Å². The summed E-state index contributed by atoms with van der Waals surface area (Å²) in [6.07, 6.45) is -1.80. The fourth-order valence-electron chi connectivity index (χ4n) is 1.69. The van der Waals surface area contributed by atoms with Crippen molar-refractivity contribution >= 4 is 23.3 Å². The highest BCUT2D eigenvalue weighted by Gasteiger charge is 2.34. The summed E-state index contributed by atoms with van der Waals surface area (Å²) in [5.74, 6) is -1.94. The third-order valence-electron chi connectivity index (χ3n) is 2.67. The van der Waals surface area contributed by atoms with Crippen LogP contribution < -0.4 is 16.8 Å². The molecule has 0 unspecified atom stereocenters. The summed E-state index contributed by atoms with van der Waals surface area (Å²) in [6.45, 7) is 0. The number of pyridine rings is 1. The number of aromatic nitrogens is 1. The van der Waals surface area contributed by atoms with E-state index >= 15 is 0 Å². The minimum atomic E-state index is -4.84. The van der Waals surface area contributed by atoms with Crippen molar-refractivity contribution in [1.82, 2.24) is 4.98 Å².